The van der Waals surface area contributed by atoms with Gasteiger partial charge < -0.3 is 15.2 Å². The molecule has 158 valence electrons. The van der Waals surface area contributed by atoms with Gasteiger partial charge in [0.1, 0.15) is 18.4 Å². The van der Waals surface area contributed by atoms with Crippen LogP contribution in [0.2, 0.25) is 5.02 Å². The third-order valence-corrected chi connectivity index (χ3v) is 4.93. The minimum absolute atomic E-state index is 0.215. The predicted molar refractivity (Wildman–Crippen MR) is 121 cm³/mol. The Hall–Kier alpha value is -3.57. The highest BCUT2D eigenvalue weighted by Crippen LogP contribution is 2.19. The molecule has 31 heavy (non-hydrogen) atoms. The monoisotopic (exact) mass is 435 g/mol. The zero-order valence-electron chi connectivity index (χ0n) is 16.7. The number of carbonyl (C=O) groups is 2. The van der Waals surface area contributed by atoms with E-state index in [0.29, 0.717) is 17.4 Å². The summed E-state index contributed by atoms with van der Waals surface area (Å²) in [6.45, 7) is 0.356. The molecule has 0 saturated heterocycles. The van der Waals surface area contributed by atoms with Gasteiger partial charge in [-0.05, 0) is 35.4 Å². The van der Waals surface area contributed by atoms with Crippen molar-refractivity contribution in [2.45, 2.75) is 19.1 Å². The summed E-state index contributed by atoms with van der Waals surface area (Å²) >= 11 is 6.12. The van der Waals surface area contributed by atoms with Crippen LogP contribution in [0.15, 0.2) is 84.9 Å². The largest absolute Gasteiger partial charge is 0.489 e. The molecular formula is C25H22ClNO4. The number of hydrogen-bond donors (Lipinski definition) is 2. The minimum Gasteiger partial charge on any atom is -0.489 e. The second kappa shape index (κ2) is 11.0. The number of carbonyl (C=O) groups excluding carboxylic acids is 1. The first-order valence-corrected chi connectivity index (χ1v) is 10.1. The molecule has 0 aromatic heterocycles. The highest BCUT2D eigenvalue weighted by Gasteiger charge is 2.19. The lowest BCUT2D eigenvalue weighted by Gasteiger charge is -2.13. The van der Waals surface area contributed by atoms with Gasteiger partial charge in [-0.3, -0.25) is 4.79 Å². The van der Waals surface area contributed by atoms with Gasteiger partial charge in [-0.2, -0.15) is 0 Å². The fourth-order valence-corrected chi connectivity index (χ4v) is 3.08. The van der Waals surface area contributed by atoms with E-state index in [-0.39, 0.29) is 6.42 Å². The lowest BCUT2D eigenvalue weighted by atomic mass is 10.1. The zero-order chi connectivity index (χ0) is 22.1. The molecule has 0 heterocycles. The molecule has 0 bridgehead atoms. The Morgan fingerprint density at radius 3 is 2.32 bits per heavy atom. The molecule has 3 aromatic rings. The predicted octanol–water partition coefficient (Wildman–Crippen LogP) is 4.74. The van der Waals surface area contributed by atoms with Crippen molar-refractivity contribution in [1.29, 1.82) is 0 Å². The molecule has 6 heteroatoms. The molecule has 2 N–H and O–H groups in total. The molecule has 1 atom stereocenters. The minimum atomic E-state index is -1.08. The number of carboxylic acid groups (broad SMARTS) is 1. The molecule has 0 aliphatic carbocycles. The molecule has 0 spiro atoms. The van der Waals surface area contributed by atoms with E-state index < -0.39 is 17.9 Å². The van der Waals surface area contributed by atoms with E-state index in [0.717, 1.165) is 16.7 Å². The lowest BCUT2D eigenvalue weighted by Crippen LogP contribution is -2.41. The Kier molecular flexibility index (Phi) is 7.85. The molecule has 0 aliphatic rings. The molecule has 0 saturated carbocycles. The standard InChI is InChI=1S/C25H22ClNO4/c26-22-9-5-4-8-20(22)17-31-21-13-10-18(11-14-21)12-15-24(28)27-23(25(29)30)16-19-6-2-1-3-7-19/h1-15,23H,16-17H2,(H,27,28)(H,29,30)/b15-12+/t23-/m1/s1. The summed E-state index contributed by atoms with van der Waals surface area (Å²) in [5.74, 6) is -0.872. The molecule has 3 rings (SSSR count). The average molecular weight is 436 g/mol. The van der Waals surface area contributed by atoms with Gasteiger partial charge in [0.15, 0.2) is 0 Å². The van der Waals surface area contributed by atoms with Crippen LogP contribution in [-0.4, -0.2) is 23.0 Å². The van der Waals surface area contributed by atoms with Gasteiger partial charge >= 0.3 is 5.97 Å². The van der Waals surface area contributed by atoms with Crippen LogP contribution in [-0.2, 0) is 22.6 Å². The number of rotatable bonds is 9. The topological polar surface area (TPSA) is 75.6 Å². The Balaban J connectivity index is 1.53. The maximum absolute atomic E-state index is 12.2. The second-order valence-corrected chi connectivity index (χ2v) is 7.28. The van der Waals surface area contributed by atoms with Crippen molar-refractivity contribution in [3.8, 4) is 5.75 Å². The number of aliphatic carboxylic acids is 1. The van der Waals surface area contributed by atoms with Gasteiger partial charge in [0.25, 0.3) is 0 Å². The maximum atomic E-state index is 12.2. The number of nitrogens with one attached hydrogen (secondary N) is 1. The summed E-state index contributed by atoms with van der Waals surface area (Å²) in [6, 6.07) is 22.9. The van der Waals surface area contributed by atoms with Crippen LogP contribution in [0, 0.1) is 0 Å². The van der Waals surface area contributed by atoms with E-state index in [2.05, 4.69) is 5.32 Å². The van der Waals surface area contributed by atoms with Gasteiger partial charge in [-0.1, -0.05) is 72.3 Å². The van der Waals surface area contributed by atoms with E-state index in [9.17, 15) is 14.7 Å². The summed E-state index contributed by atoms with van der Waals surface area (Å²) in [5.41, 5.74) is 2.52. The SMILES string of the molecule is O=C(/C=C/c1ccc(OCc2ccccc2Cl)cc1)N[C@H](Cc1ccccc1)C(=O)O. The Labute approximate surface area is 185 Å². The van der Waals surface area contributed by atoms with E-state index in [1.165, 1.54) is 6.08 Å². The van der Waals surface area contributed by atoms with Gasteiger partial charge in [0, 0.05) is 23.1 Å². The van der Waals surface area contributed by atoms with Crippen molar-refractivity contribution < 1.29 is 19.4 Å². The summed E-state index contributed by atoms with van der Waals surface area (Å²) in [4.78, 5) is 23.7. The fourth-order valence-electron chi connectivity index (χ4n) is 2.89. The molecule has 0 fully saturated rings. The highest BCUT2D eigenvalue weighted by molar-refractivity contribution is 6.31. The number of halogens is 1. The Morgan fingerprint density at radius 2 is 1.65 bits per heavy atom. The summed E-state index contributed by atoms with van der Waals surface area (Å²) in [6.07, 6.45) is 3.16. The molecule has 0 aliphatic heterocycles. The van der Waals surface area contributed by atoms with E-state index >= 15 is 0 Å². The first-order chi connectivity index (χ1) is 15.0. The van der Waals surface area contributed by atoms with Crippen LogP contribution in [0.25, 0.3) is 6.08 Å². The van der Waals surface area contributed by atoms with Gasteiger partial charge in [-0.25, -0.2) is 4.79 Å². The van der Waals surface area contributed by atoms with Crippen LogP contribution in [0.3, 0.4) is 0 Å². The Morgan fingerprint density at radius 1 is 0.968 bits per heavy atom. The number of hydrogen-bond acceptors (Lipinski definition) is 3. The molecule has 1 amide bonds. The molecule has 5 nitrogen and oxygen atoms in total. The summed E-state index contributed by atoms with van der Waals surface area (Å²) in [5, 5.41) is 12.6. The number of benzene rings is 3. The van der Waals surface area contributed by atoms with Crippen molar-refractivity contribution in [2.75, 3.05) is 0 Å². The van der Waals surface area contributed by atoms with E-state index in [4.69, 9.17) is 16.3 Å². The van der Waals surface area contributed by atoms with Crippen LogP contribution in [0.4, 0.5) is 0 Å². The summed E-state index contributed by atoms with van der Waals surface area (Å²) < 4.78 is 5.74. The van der Waals surface area contributed by atoms with Gasteiger partial charge in [-0.15, -0.1) is 0 Å². The highest BCUT2D eigenvalue weighted by atomic mass is 35.5. The Bertz CT molecular complexity index is 1050. The van der Waals surface area contributed by atoms with E-state index in [1.54, 1.807) is 18.2 Å². The number of carboxylic acids is 1. The van der Waals surface area contributed by atoms with Crippen LogP contribution >= 0.6 is 11.6 Å². The van der Waals surface area contributed by atoms with Gasteiger partial charge in [0.2, 0.25) is 5.91 Å². The average Bonchev–Trinajstić information content (AvgIpc) is 2.78. The molecule has 3 aromatic carbocycles. The lowest BCUT2D eigenvalue weighted by molar-refractivity contribution is -0.141. The first kappa shape index (κ1) is 22.1. The number of amides is 1. The fraction of sp³-hybridized carbons (Fsp3) is 0.120. The zero-order valence-corrected chi connectivity index (χ0v) is 17.5. The smallest absolute Gasteiger partial charge is 0.326 e. The third kappa shape index (κ3) is 7.01. The molecule has 0 unspecified atom stereocenters. The number of ether oxygens (including phenoxy) is 1. The first-order valence-electron chi connectivity index (χ1n) is 9.73. The molecular weight excluding hydrogens is 414 g/mol. The molecule has 0 radical (unpaired) electrons. The van der Waals surface area contributed by atoms with Gasteiger partial charge in [0.05, 0.1) is 0 Å². The van der Waals surface area contributed by atoms with Crippen molar-refractivity contribution in [3.63, 3.8) is 0 Å². The van der Waals surface area contributed by atoms with Crippen molar-refractivity contribution >= 4 is 29.6 Å². The van der Waals surface area contributed by atoms with Crippen molar-refractivity contribution in [3.05, 3.63) is 107 Å². The third-order valence-electron chi connectivity index (χ3n) is 4.56. The second-order valence-electron chi connectivity index (χ2n) is 6.87. The maximum Gasteiger partial charge on any atom is 0.326 e. The van der Waals surface area contributed by atoms with Crippen LogP contribution < -0.4 is 10.1 Å². The normalized spacial score (nSPS) is 11.8. The van der Waals surface area contributed by atoms with Crippen molar-refractivity contribution in [1.82, 2.24) is 5.32 Å². The van der Waals surface area contributed by atoms with Crippen molar-refractivity contribution in [2.24, 2.45) is 0 Å². The van der Waals surface area contributed by atoms with E-state index in [1.807, 2.05) is 66.7 Å². The summed E-state index contributed by atoms with van der Waals surface area (Å²) in [7, 11) is 0. The quantitative estimate of drug-likeness (QED) is 0.476. The van der Waals surface area contributed by atoms with Crippen LogP contribution in [0.1, 0.15) is 16.7 Å². The van der Waals surface area contributed by atoms with Crippen LogP contribution in [0.5, 0.6) is 5.75 Å².